The number of hydrogen-bond acceptors (Lipinski definition) is 4. The summed E-state index contributed by atoms with van der Waals surface area (Å²) < 4.78 is 0. The van der Waals surface area contributed by atoms with Crippen LogP contribution < -0.4 is 5.73 Å². The molecule has 0 saturated heterocycles. The highest BCUT2D eigenvalue weighted by Crippen LogP contribution is 2.04. The van der Waals surface area contributed by atoms with E-state index in [1.165, 1.54) is 0 Å². The van der Waals surface area contributed by atoms with Crippen LogP contribution in [0.5, 0.6) is 0 Å². The zero-order valence-electron chi connectivity index (χ0n) is 12.4. The van der Waals surface area contributed by atoms with E-state index >= 15 is 0 Å². The lowest BCUT2D eigenvalue weighted by Gasteiger charge is -2.01. The van der Waals surface area contributed by atoms with Gasteiger partial charge < -0.3 is 5.73 Å². The molecule has 4 nitrogen and oxygen atoms in total. The summed E-state index contributed by atoms with van der Waals surface area (Å²) in [6.07, 6.45) is 0. The molecular weight excluding hydrogens is 248 g/mol. The maximum absolute atomic E-state index is 8.52. The molecular formula is C16H20N4. The molecule has 0 amide bonds. The van der Waals surface area contributed by atoms with Crippen molar-refractivity contribution in [1.29, 1.82) is 5.26 Å². The highest BCUT2D eigenvalue weighted by molar-refractivity contribution is 5.32. The Balaban J connectivity index is 0.000000200. The van der Waals surface area contributed by atoms with Crippen molar-refractivity contribution >= 4 is 0 Å². The normalized spacial score (nSPS) is 9.40. The topological polar surface area (TPSA) is 75.6 Å². The molecule has 2 heterocycles. The number of nitrogens with two attached hydrogens (primary N) is 1. The van der Waals surface area contributed by atoms with Gasteiger partial charge in [-0.25, -0.2) is 0 Å². The first-order valence-corrected chi connectivity index (χ1v) is 6.45. The van der Waals surface area contributed by atoms with E-state index in [0.717, 1.165) is 28.3 Å². The molecule has 4 heteroatoms. The zero-order valence-corrected chi connectivity index (χ0v) is 12.4. The van der Waals surface area contributed by atoms with Crippen molar-refractivity contribution < 1.29 is 0 Å². The molecule has 0 atom stereocenters. The number of aryl methyl sites for hydroxylation is 4. The quantitative estimate of drug-likeness (QED) is 0.862. The van der Waals surface area contributed by atoms with E-state index in [-0.39, 0.29) is 0 Å². The maximum Gasteiger partial charge on any atom is 0.101 e. The Bertz CT molecular complexity index is 627. The average molecular weight is 268 g/mol. The molecule has 0 aliphatic rings. The highest BCUT2D eigenvalue weighted by Gasteiger charge is 1.96. The van der Waals surface area contributed by atoms with Gasteiger partial charge in [0, 0.05) is 23.6 Å². The lowest BCUT2D eigenvalue weighted by molar-refractivity contribution is 0.990. The molecule has 2 rings (SSSR count). The van der Waals surface area contributed by atoms with Crippen LogP contribution in [0.15, 0.2) is 24.3 Å². The van der Waals surface area contributed by atoms with Gasteiger partial charge in [0.2, 0.25) is 0 Å². The maximum atomic E-state index is 8.52. The third kappa shape index (κ3) is 4.45. The van der Waals surface area contributed by atoms with E-state index in [4.69, 9.17) is 11.0 Å². The lowest BCUT2D eigenvalue weighted by atomic mass is 10.2. The first kappa shape index (κ1) is 15.8. The van der Waals surface area contributed by atoms with Crippen molar-refractivity contribution in [2.24, 2.45) is 5.73 Å². The van der Waals surface area contributed by atoms with Crippen LogP contribution in [0.4, 0.5) is 0 Å². The van der Waals surface area contributed by atoms with Crippen molar-refractivity contribution in [1.82, 2.24) is 9.97 Å². The summed E-state index contributed by atoms with van der Waals surface area (Å²) in [4.78, 5) is 8.39. The fourth-order valence-electron chi connectivity index (χ4n) is 1.74. The van der Waals surface area contributed by atoms with E-state index < -0.39 is 0 Å². The number of aromatic nitrogens is 2. The van der Waals surface area contributed by atoms with E-state index in [1.54, 1.807) is 6.07 Å². The standard InChI is InChI=1S/C8H12N2.C8H8N2/c2*1-6-3-4-8(5-9)7(2)10-6/h3-4H,5,9H2,1-2H3;3-4H,1-2H3. The van der Waals surface area contributed by atoms with Gasteiger partial charge >= 0.3 is 0 Å². The largest absolute Gasteiger partial charge is 0.326 e. The third-order valence-corrected chi connectivity index (χ3v) is 2.90. The summed E-state index contributed by atoms with van der Waals surface area (Å²) >= 11 is 0. The summed E-state index contributed by atoms with van der Waals surface area (Å²) in [6, 6.07) is 9.69. The molecule has 0 aliphatic carbocycles. The number of nitrogens with zero attached hydrogens (tertiary/aromatic N) is 3. The predicted octanol–water partition coefficient (Wildman–Crippen LogP) is 2.73. The summed E-state index contributed by atoms with van der Waals surface area (Å²) in [6.45, 7) is 8.29. The Labute approximate surface area is 120 Å². The molecule has 0 fully saturated rings. The van der Waals surface area contributed by atoms with E-state index in [0.29, 0.717) is 12.1 Å². The summed E-state index contributed by atoms with van der Waals surface area (Å²) in [5, 5.41) is 8.52. The fraction of sp³-hybridized carbons (Fsp3) is 0.312. The molecule has 104 valence electrons. The average Bonchev–Trinajstić information content (AvgIpc) is 2.40. The number of hydrogen-bond donors (Lipinski definition) is 1. The second-order valence-corrected chi connectivity index (χ2v) is 4.60. The first-order chi connectivity index (χ1) is 9.47. The molecule has 2 aromatic rings. The number of rotatable bonds is 1. The third-order valence-electron chi connectivity index (χ3n) is 2.90. The first-order valence-electron chi connectivity index (χ1n) is 6.45. The number of pyridine rings is 2. The van der Waals surface area contributed by atoms with Gasteiger partial charge in [0.1, 0.15) is 6.07 Å². The van der Waals surface area contributed by atoms with Crippen LogP contribution in [0.2, 0.25) is 0 Å². The highest BCUT2D eigenvalue weighted by atomic mass is 14.7. The van der Waals surface area contributed by atoms with Crippen LogP contribution in [0.1, 0.15) is 33.9 Å². The molecule has 0 unspecified atom stereocenters. The fourth-order valence-corrected chi connectivity index (χ4v) is 1.74. The second-order valence-electron chi connectivity index (χ2n) is 4.60. The van der Waals surface area contributed by atoms with E-state index in [1.807, 2.05) is 45.9 Å². The van der Waals surface area contributed by atoms with Crippen LogP contribution in [-0.4, -0.2) is 9.97 Å². The molecule has 2 aromatic heterocycles. The van der Waals surface area contributed by atoms with Gasteiger partial charge in [0.25, 0.3) is 0 Å². The molecule has 0 spiro atoms. The van der Waals surface area contributed by atoms with Crippen molar-refractivity contribution in [3.8, 4) is 6.07 Å². The Morgan fingerprint density at radius 3 is 1.95 bits per heavy atom. The van der Waals surface area contributed by atoms with Gasteiger partial charge in [-0.3, -0.25) is 9.97 Å². The Morgan fingerprint density at radius 1 is 0.950 bits per heavy atom. The predicted molar refractivity (Wildman–Crippen MR) is 80.0 cm³/mol. The van der Waals surface area contributed by atoms with Gasteiger partial charge in [-0.05, 0) is 51.5 Å². The van der Waals surface area contributed by atoms with E-state index in [2.05, 4.69) is 16.0 Å². The van der Waals surface area contributed by atoms with E-state index in [9.17, 15) is 0 Å². The molecule has 2 N–H and O–H groups in total. The second kappa shape index (κ2) is 7.37. The number of nitriles is 1. The van der Waals surface area contributed by atoms with Gasteiger partial charge in [-0.1, -0.05) is 6.07 Å². The minimum atomic E-state index is 0.582. The van der Waals surface area contributed by atoms with Crippen molar-refractivity contribution in [3.63, 3.8) is 0 Å². The van der Waals surface area contributed by atoms with Crippen molar-refractivity contribution in [2.75, 3.05) is 0 Å². The van der Waals surface area contributed by atoms with Crippen LogP contribution >= 0.6 is 0 Å². The zero-order chi connectivity index (χ0) is 15.1. The monoisotopic (exact) mass is 268 g/mol. The Kier molecular flexibility index (Phi) is 5.82. The van der Waals surface area contributed by atoms with Gasteiger partial charge in [-0.15, -0.1) is 0 Å². The Hall–Kier alpha value is -2.25. The van der Waals surface area contributed by atoms with Crippen molar-refractivity contribution in [2.45, 2.75) is 34.2 Å². The SMILES string of the molecule is Cc1ccc(C#N)c(C)n1.Cc1ccc(CN)c(C)n1. The molecule has 0 saturated carbocycles. The smallest absolute Gasteiger partial charge is 0.101 e. The van der Waals surface area contributed by atoms with Crippen LogP contribution in [0, 0.1) is 39.0 Å². The molecule has 0 aromatic carbocycles. The Morgan fingerprint density at radius 2 is 1.50 bits per heavy atom. The van der Waals surface area contributed by atoms with Crippen molar-refractivity contribution in [3.05, 3.63) is 58.2 Å². The van der Waals surface area contributed by atoms with Crippen LogP contribution in [0.3, 0.4) is 0 Å². The minimum Gasteiger partial charge on any atom is -0.326 e. The lowest BCUT2D eigenvalue weighted by Crippen LogP contribution is -2.00. The summed E-state index contributed by atoms with van der Waals surface area (Å²) in [5.41, 5.74) is 11.1. The molecule has 20 heavy (non-hydrogen) atoms. The van der Waals surface area contributed by atoms with Gasteiger partial charge in [0.15, 0.2) is 0 Å². The molecule has 0 aliphatic heterocycles. The molecule has 0 radical (unpaired) electrons. The summed E-state index contributed by atoms with van der Waals surface area (Å²) in [7, 11) is 0. The minimum absolute atomic E-state index is 0.582. The van der Waals surface area contributed by atoms with Gasteiger partial charge in [-0.2, -0.15) is 5.26 Å². The molecule has 0 bridgehead atoms. The van der Waals surface area contributed by atoms with Crippen LogP contribution in [0.25, 0.3) is 0 Å². The van der Waals surface area contributed by atoms with Crippen LogP contribution in [-0.2, 0) is 6.54 Å². The van der Waals surface area contributed by atoms with Gasteiger partial charge in [0.05, 0.1) is 11.3 Å². The summed E-state index contributed by atoms with van der Waals surface area (Å²) in [5.74, 6) is 0.